The molecule has 2 N–H and O–H groups in total. The van der Waals surface area contributed by atoms with Crippen molar-refractivity contribution in [3.05, 3.63) is 0 Å². The van der Waals surface area contributed by atoms with Crippen LogP contribution >= 0.6 is 0 Å². The number of rotatable bonds is 3. The molecule has 0 saturated carbocycles. The number of carbonyl (C=O) groups is 1. The Kier molecular flexibility index (Phi) is 2.88. The Morgan fingerprint density at radius 2 is 2.36 bits per heavy atom. The summed E-state index contributed by atoms with van der Waals surface area (Å²) < 4.78 is 10.5. The highest BCUT2D eigenvalue weighted by molar-refractivity contribution is 5.69. The van der Waals surface area contributed by atoms with Crippen LogP contribution in [0, 0.1) is 0 Å². The highest BCUT2D eigenvalue weighted by atomic mass is 16.6. The van der Waals surface area contributed by atoms with Gasteiger partial charge in [-0.15, -0.1) is 0 Å². The molecular formula is C9H16N2O3. The van der Waals surface area contributed by atoms with Crippen LogP contribution in [-0.4, -0.2) is 49.4 Å². The van der Waals surface area contributed by atoms with Crippen molar-refractivity contribution in [1.82, 2.24) is 4.90 Å². The third-order valence-corrected chi connectivity index (χ3v) is 2.66. The van der Waals surface area contributed by atoms with Gasteiger partial charge in [0.15, 0.2) is 0 Å². The first-order valence-corrected chi connectivity index (χ1v) is 5.07. The Morgan fingerprint density at radius 3 is 2.93 bits per heavy atom. The van der Waals surface area contributed by atoms with E-state index in [4.69, 9.17) is 15.2 Å². The fourth-order valence-corrected chi connectivity index (χ4v) is 1.88. The molecule has 2 aliphatic heterocycles. The second-order valence-electron chi connectivity index (χ2n) is 3.78. The molecule has 2 fully saturated rings. The van der Waals surface area contributed by atoms with E-state index in [-0.39, 0.29) is 18.3 Å². The fourth-order valence-electron chi connectivity index (χ4n) is 1.88. The number of cyclic esters (lactones) is 1. The molecule has 0 aromatic carbocycles. The van der Waals surface area contributed by atoms with Crippen molar-refractivity contribution in [1.29, 1.82) is 0 Å². The molecule has 0 bridgehead atoms. The zero-order valence-corrected chi connectivity index (χ0v) is 8.15. The number of ether oxygens (including phenoxy) is 2. The monoisotopic (exact) mass is 200 g/mol. The van der Waals surface area contributed by atoms with Gasteiger partial charge in [0.05, 0.1) is 19.2 Å². The van der Waals surface area contributed by atoms with Crippen molar-refractivity contribution in [3.8, 4) is 0 Å². The van der Waals surface area contributed by atoms with Crippen molar-refractivity contribution < 1.29 is 14.3 Å². The van der Waals surface area contributed by atoms with Crippen LogP contribution in [0.25, 0.3) is 0 Å². The summed E-state index contributed by atoms with van der Waals surface area (Å²) in [5.74, 6) is 0. The van der Waals surface area contributed by atoms with Gasteiger partial charge in [0.25, 0.3) is 0 Å². The van der Waals surface area contributed by atoms with Crippen LogP contribution in [0.3, 0.4) is 0 Å². The minimum Gasteiger partial charge on any atom is -0.443 e. The molecule has 0 spiro atoms. The smallest absolute Gasteiger partial charge is 0.410 e. The summed E-state index contributed by atoms with van der Waals surface area (Å²) in [4.78, 5) is 13.0. The summed E-state index contributed by atoms with van der Waals surface area (Å²) in [7, 11) is 0. The van der Waals surface area contributed by atoms with E-state index in [0.717, 1.165) is 19.4 Å². The van der Waals surface area contributed by atoms with E-state index in [1.165, 1.54) is 0 Å². The molecule has 2 rings (SSSR count). The van der Waals surface area contributed by atoms with E-state index in [1.807, 2.05) is 0 Å². The van der Waals surface area contributed by atoms with E-state index in [0.29, 0.717) is 19.6 Å². The predicted molar refractivity (Wildman–Crippen MR) is 49.9 cm³/mol. The number of hydrogen-bond acceptors (Lipinski definition) is 4. The molecule has 80 valence electrons. The van der Waals surface area contributed by atoms with E-state index in [1.54, 1.807) is 4.90 Å². The second-order valence-corrected chi connectivity index (χ2v) is 3.78. The van der Waals surface area contributed by atoms with Crippen molar-refractivity contribution in [3.63, 3.8) is 0 Å². The number of nitrogens with two attached hydrogens (primary N) is 1. The summed E-state index contributed by atoms with van der Waals surface area (Å²) in [5, 5.41) is 0. The van der Waals surface area contributed by atoms with Gasteiger partial charge in [-0.1, -0.05) is 0 Å². The molecule has 1 amide bonds. The highest BCUT2D eigenvalue weighted by Crippen LogP contribution is 2.17. The van der Waals surface area contributed by atoms with Gasteiger partial charge < -0.3 is 20.1 Å². The van der Waals surface area contributed by atoms with E-state index < -0.39 is 0 Å². The minimum atomic E-state index is -0.254. The van der Waals surface area contributed by atoms with Crippen molar-refractivity contribution in [2.24, 2.45) is 5.73 Å². The van der Waals surface area contributed by atoms with Crippen molar-refractivity contribution in [2.45, 2.75) is 25.0 Å². The molecule has 5 heteroatoms. The molecule has 2 aliphatic rings. The third kappa shape index (κ3) is 1.99. The standard InChI is InChI=1S/C9H16N2O3/c10-4-8-6-11(9(12)14-8)5-7-2-1-3-13-7/h7-8H,1-6,10H2. The van der Waals surface area contributed by atoms with Gasteiger partial charge in [-0.3, -0.25) is 0 Å². The molecule has 14 heavy (non-hydrogen) atoms. The zero-order chi connectivity index (χ0) is 9.97. The van der Waals surface area contributed by atoms with Gasteiger partial charge in [0.2, 0.25) is 0 Å². The Bertz CT molecular complexity index is 216. The van der Waals surface area contributed by atoms with Gasteiger partial charge in [0, 0.05) is 13.2 Å². The first-order valence-electron chi connectivity index (χ1n) is 5.07. The Balaban J connectivity index is 1.82. The van der Waals surface area contributed by atoms with Crippen LogP contribution < -0.4 is 5.73 Å². The van der Waals surface area contributed by atoms with E-state index in [2.05, 4.69) is 0 Å². The number of carbonyl (C=O) groups excluding carboxylic acids is 1. The molecule has 0 aliphatic carbocycles. The molecule has 2 atom stereocenters. The molecule has 5 nitrogen and oxygen atoms in total. The van der Waals surface area contributed by atoms with Gasteiger partial charge >= 0.3 is 6.09 Å². The first kappa shape index (κ1) is 9.73. The van der Waals surface area contributed by atoms with Gasteiger partial charge in [-0.25, -0.2) is 4.79 Å². The molecule has 0 aromatic rings. The summed E-state index contributed by atoms with van der Waals surface area (Å²) in [6.45, 7) is 2.46. The predicted octanol–water partition coefficient (Wildman–Crippen LogP) is -0.0551. The number of nitrogens with zero attached hydrogens (tertiary/aromatic N) is 1. The largest absolute Gasteiger partial charge is 0.443 e. The van der Waals surface area contributed by atoms with Crippen LogP contribution in [0.5, 0.6) is 0 Å². The highest BCUT2D eigenvalue weighted by Gasteiger charge is 2.32. The summed E-state index contributed by atoms with van der Waals surface area (Å²) in [5.41, 5.74) is 5.43. The van der Waals surface area contributed by atoms with Crippen molar-refractivity contribution in [2.75, 3.05) is 26.2 Å². The maximum Gasteiger partial charge on any atom is 0.410 e. The van der Waals surface area contributed by atoms with E-state index >= 15 is 0 Å². The van der Waals surface area contributed by atoms with E-state index in [9.17, 15) is 4.79 Å². The summed E-state index contributed by atoms with van der Waals surface area (Å²) in [6.07, 6.45) is 1.93. The van der Waals surface area contributed by atoms with Gasteiger partial charge in [-0.05, 0) is 12.8 Å². The minimum absolute atomic E-state index is 0.135. The molecule has 2 unspecified atom stereocenters. The lowest BCUT2D eigenvalue weighted by atomic mass is 10.2. The van der Waals surface area contributed by atoms with Gasteiger partial charge in [-0.2, -0.15) is 0 Å². The average Bonchev–Trinajstić information content (AvgIpc) is 2.78. The van der Waals surface area contributed by atoms with Crippen LogP contribution in [0.15, 0.2) is 0 Å². The summed E-state index contributed by atoms with van der Waals surface area (Å²) >= 11 is 0. The molecular weight excluding hydrogens is 184 g/mol. The fraction of sp³-hybridized carbons (Fsp3) is 0.889. The lowest BCUT2D eigenvalue weighted by molar-refractivity contribution is 0.0824. The normalized spacial score (nSPS) is 32.4. The quantitative estimate of drug-likeness (QED) is 0.693. The Morgan fingerprint density at radius 1 is 1.50 bits per heavy atom. The van der Waals surface area contributed by atoms with Crippen LogP contribution in [0.4, 0.5) is 4.79 Å². The lowest BCUT2D eigenvalue weighted by Gasteiger charge is -2.17. The maximum absolute atomic E-state index is 11.3. The van der Waals surface area contributed by atoms with Crippen LogP contribution in [-0.2, 0) is 9.47 Å². The SMILES string of the molecule is NCC1CN(CC2CCCO2)C(=O)O1. The topological polar surface area (TPSA) is 64.8 Å². The maximum atomic E-state index is 11.3. The Hall–Kier alpha value is -0.810. The molecule has 2 heterocycles. The van der Waals surface area contributed by atoms with Crippen LogP contribution in [0.1, 0.15) is 12.8 Å². The first-order chi connectivity index (χ1) is 6.79. The average molecular weight is 200 g/mol. The van der Waals surface area contributed by atoms with Gasteiger partial charge in [0.1, 0.15) is 6.10 Å². The Labute approximate surface area is 83.1 Å². The molecule has 0 aromatic heterocycles. The van der Waals surface area contributed by atoms with Crippen molar-refractivity contribution >= 4 is 6.09 Å². The summed E-state index contributed by atoms with van der Waals surface area (Å²) in [6, 6.07) is 0. The lowest BCUT2D eigenvalue weighted by Crippen LogP contribution is -2.34. The molecule has 2 saturated heterocycles. The zero-order valence-electron chi connectivity index (χ0n) is 8.15. The molecule has 0 radical (unpaired) electrons. The number of amides is 1. The van der Waals surface area contributed by atoms with Crippen LogP contribution in [0.2, 0.25) is 0 Å². The third-order valence-electron chi connectivity index (χ3n) is 2.66. The number of hydrogen-bond donors (Lipinski definition) is 1. The second kappa shape index (κ2) is 4.14.